The van der Waals surface area contributed by atoms with Crippen LogP contribution < -0.4 is 5.32 Å². The van der Waals surface area contributed by atoms with E-state index < -0.39 is 23.8 Å². The lowest BCUT2D eigenvalue weighted by Crippen LogP contribution is -2.43. The number of hydrogen-bond donors (Lipinski definition) is 1. The molecule has 0 fully saturated rings. The number of ether oxygens (including phenoxy) is 1. The number of nitrogens with one attached hydrogen (secondary N) is 1. The van der Waals surface area contributed by atoms with Crippen LogP contribution in [0.15, 0.2) is 47.1 Å². The number of hydrogen-bond acceptors (Lipinski definition) is 5. The first kappa shape index (κ1) is 14.5. The summed E-state index contributed by atoms with van der Waals surface area (Å²) in [4.78, 5) is 29.4. The summed E-state index contributed by atoms with van der Waals surface area (Å²) in [6.45, 7) is 1.91. The van der Waals surface area contributed by atoms with Crippen LogP contribution in [0.4, 0.5) is 5.95 Å². The van der Waals surface area contributed by atoms with Crippen LogP contribution in [0.2, 0.25) is 0 Å². The standard InChI is InChI=1S/C17H15N3O4/c1-2-23-16(22)13-14(12-8-5-9-24-12)20-11-7-4-3-6-10(11)18-17(20)19-15(13)21/h3-9,13-14H,2H2,1H3,(H,18,19,21)/t13-,14+/m0/s1. The van der Waals surface area contributed by atoms with Gasteiger partial charge < -0.3 is 9.15 Å². The van der Waals surface area contributed by atoms with Crippen molar-refractivity contribution in [2.24, 2.45) is 5.92 Å². The molecule has 24 heavy (non-hydrogen) atoms. The van der Waals surface area contributed by atoms with Crippen LogP contribution in [-0.2, 0) is 14.3 Å². The highest BCUT2D eigenvalue weighted by molar-refractivity contribution is 6.07. The number of carbonyl (C=O) groups is 2. The lowest BCUT2D eigenvalue weighted by Gasteiger charge is -2.30. The summed E-state index contributed by atoms with van der Waals surface area (Å²) in [7, 11) is 0. The molecule has 2 atom stereocenters. The number of aromatic nitrogens is 2. The fourth-order valence-electron chi connectivity index (χ4n) is 3.11. The highest BCUT2D eigenvalue weighted by atomic mass is 16.5. The monoisotopic (exact) mass is 325 g/mol. The third-order valence-corrected chi connectivity index (χ3v) is 4.08. The molecule has 0 spiro atoms. The van der Waals surface area contributed by atoms with Gasteiger partial charge in [0.1, 0.15) is 11.8 Å². The zero-order chi connectivity index (χ0) is 16.7. The molecule has 1 amide bonds. The van der Waals surface area contributed by atoms with E-state index in [1.54, 1.807) is 19.1 Å². The summed E-state index contributed by atoms with van der Waals surface area (Å²) in [6.07, 6.45) is 1.52. The van der Waals surface area contributed by atoms with Crippen molar-refractivity contribution in [2.75, 3.05) is 11.9 Å². The molecule has 0 bridgehead atoms. The number of nitrogens with zero attached hydrogens (tertiary/aromatic N) is 2. The molecular formula is C17H15N3O4. The van der Waals surface area contributed by atoms with Gasteiger partial charge in [0.15, 0.2) is 5.92 Å². The van der Waals surface area contributed by atoms with Gasteiger partial charge in [0, 0.05) is 0 Å². The summed E-state index contributed by atoms with van der Waals surface area (Å²) in [6, 6.07) is 10.3. The first-order chi connectivity index (χ1) is 11.7. The van der Waals surface area contributed by atoms with Crippen molar-refractivity contribution in [3.8, 4) is 0 Å². The molecule has 0 saturated heterocycles. The fourth-order valence-corrected chi connectivity index (χ4v) is 3.11. The lowest BCUT2D eigenvalue weighted by molar-refractivity contribution is -0.152. The molecule has 0 unspecified atom stereocenters. The number of imidazole rings is 1. The molecule has 3 heterocycles. The average molecular weight is 325 g/mol. The van der Waals surface area contributed by atoms with Crippen molar-refractivity contribution in [3.05, 3.63) is 48.4 Å². The van der Waals surface area contributed by atoms with E-state index in [2.05, 4.69) is 10.3 Å². The van der Waals surface area contributed by atoms with Crippen molar-refractivity contribution in [1.29, 1.82) is 0 Å². The van der Waals surface area contributed by atoms with E-state index in [1.807, 2.05) is 28.8 Å². The van der Waals surface area contributed by atoms with E-state index in [0.29, 0.717) is 11.7 Å². The Morgan fingerprint density at radius 2 is 2.17 bits per heavy atom. The molecule has 7 nitrogen and oxygen atoms in total. The van der Waals surface area contributed by atoms with Crippen LogP contribution in [0.1, 0.15) is 18.7 Å². The maximum Gasteiger partial charge on any atom is 0.321 e. The molecule has 1 N–H and O–H groups in total. The minimum Gasteiger partial charge on any atom is -0.467 e. The van der Waals surface area contributed by atoms with Crippen LogP contribution in [0.3, 0.4) is 0 Å². The van der Waals surface area contributed by atoms with Crippen molar-refractivity contribution in [1.82, 2.24) is 9.55 Å². The quantitative estimate of drug-likeness (QED) is 0.590. The summed E-state index contributed by atoms with van der Waals surface area (Å²) < 4.78 is 12.4. The predicted octanol–water partition coefficient (Wildman–Crippen LogP) is 2.35. The molecular weight excluding hydrogens is 310 g/mol. The van der Waals surface area contributed by atoms with Crippen molar-refractivity contribution < 1.29 is 18.7 Å². The Bertz CT molecular complexity index is 913. The van der Waals surface area contributed by atoms with Crippen LogP contribution >= 0.6 is 0 Å². The minimum absolute atomic E-state index is 0.199. The van der Waals surface area contributed by atoms with Crippen molar-refractivity contribution in [2.45, 2.75) is 13.0 Å². The zero-order valence-electron chi connectivity index (χ0n) is 12.9. The summed E-state index contributed by atoms with van der Waals surface area (Å²) in [5.74, 6) is -1.17. The van der Waals surface area contributed by atoms with Crippen molar-refractivity contribution >= 4 is 28.9 Å². The molecule has 2 aromatic heterocycles. The minimum atomic E-state index is -1.04. The number of benzene rings is 1. The van der Waals surface area contributed by atoms with Crippen LogP contribution in [0.5, 0.6) is 0 Å². The third-order valence-electron chi connectivity index (χ3n) is 4.08. The van der Waals surface area contributed by atoms with E-state index >= 15 is 0 Å². The normalized spacial score (nSPS) is 19.8. The van der Waals surface area contributed by atoms with Crippen LogP contribution in [-0.4, -0.2) is 28.0 Å². The smallest absolute Gasteiger partial charge is 0.321 e. The first-order valence-corrected chi connectivity index (χ1v) is 7.68. The second-order valence-electron chi connectivity index (χ2n) is 5.47. The van der Waals surface area contributed by atoms with E-state index in [1.165, 1.54) is 6.26 Å². The largest absolute Gasteiger partial charge is 0.467 e. The van der Waals surface area contributed by atoms with Gasteiger partial charge in [-0.15, -0.1) is 0 Å². The van der Waals surface area contributed by atoms with Crippen LogP contribution in [0.25, 0.3) is 11.0 Å². The molecule has 1 aliphatic rings. The van der Waals surface area contributed by atoms with Gasteiger partial charge in [-0.1, -0.05) is 12.1 Å². The summed E-state index contributed by atoms with van der Waals surface area (Å²) in [5, 5.41) is 2.70. The molecule has 1 aromatic carbocycles. The zero-order valence-corrected chi connectivity index (χ0v) is 12.9. The number of carbonyl (C=O) groups excluding carboxylic acids is 2. The number of fused-ring (bicyclic) bond motifs is 3. The molecule has 7 heteroatoms. The second kappa shape index (κ2) is 5.52. The first-order valence-electron chi connectivity index (χ1n) is 7.68. The van der Waals surface area contributed by atoms with E-state index in [9.17, 15) is 9.59 Å². The molecule has 0 saturated carbocycles. The van der Waals surface area contributed by atoms with Crippen LogP contribution in [0, 0.1) is 5.92 Å². The van der Waals surface area contributed by atoms with E-state index in [4.69, 9.17) is 9.15 Å². The predicted molar refractivity (Wildman–Crippen MR) is 85.3 cm³/mol. The molecule has 1 aliphatic heterocycles. The van der Waals surface area contributed by atoms with Gasteiger partial charge in [0.2, 0.25) is 11.9 Å². The lowest BCUT2D eigenvalue weighted by atomic mass is 9.94. The van der Waals surface area contributed by atoms with Crippen molar-refractivity contribution in [3.63, 3.8) is 0 Å². The number of amides is 1. The SMILES string of the molecule is CCOC(=O)[C@@H]1C(=O)Nc2nc3ccccc3n2[C@@H]1c1ccco1. The molecule has 0 aliphatic carbocycles. The highest BCUT2D eigenvalue weighted by Gasteiger charge is 2.45. The Labute approximate surface area is 137 Å². The van der Waals surface area contributed by atoms with Gasteiger partial charge in [0.05, 0.1) is 23.9 Å². The van der Waals surface area contributed by atoms with Gasteiger partial charge in [-0.3, -0.25) is 19.5 Å². The van der Waals surface area contributed by atoms with Gasteiger partial charge in [-0.2, -0.15) is 0 Å². The maximum atomic E-state index is 12.5. The second-order valence-corrected chi connectivity index (χ2v) is 5.47. The van der Waals surface area contributed by atoms with Gasteiger partial charge in [-0.25, -0.2) is 4.98 Å². The van der Waals surface area contributed by atoms with E-state index in [0.717, 1.165) is 11.0 Å². The number of anilines is 1. The fraction of sp³-hybridized carbons (Fsp3) is 0.235. The maximum absolute atomic E-state index is 12.5. The molecule has 4 rings (SSSR count). The highest BCUT2D eigenvalue weighted by Crippen LogP contribution is 2.38. The third kappa shape index (κ3) is 2.09. The summed E-state index contributed by atoms with van der Waals surface area (Å²) in [5.41, 5.74) is 1.54. The number of esters is 1. The Morgan fingerprint density at radius 3 is 2.92 bits per heavy atom. The Hall–Kier alpha value is -3.09. The van der Waals surface area contributed by atoms with Gasteiger partial charge in [-0.05, 0) is 31.2 Å². The van der Waals surface area contributed by atoms with Gasteiger partial charge >= 0.3 is 5.97 Å². The summed E-state index contributed by atoms with van der Waals surface area (Å²) >= 11 is 0. The molecule has 122 valence electrons. The Morgan fingerprint density at radius 1 is 1.33 bits per heavy atom. The molecule has 3 aromatic rings. The van der Waals surface area contributed by atoms with Gasteiger partial charge in [0.25, 0.3) is 0 Å². The topological polar surface area (TPSA) is 86.4 Å². The number of furan rings is 1. The number of para-hydroxylation sites is 2. The van der Waals surface area contributed by atoms with E-state index in [-0.39, 0.29) is 6.61 Å². The Balaban J connectivity index is 1.95. The molecule has 0 radical (unpaired) electrons. The average Bonchev–Trinajstić information content (AvgIpc) is 3.21. The number of rotatable bonds is 3. The Kier molecular flexibility index (Phi) is 3.34.